The Hall–Kier alpha value is -1.57. The molecule has 0 aliphatic carbocycles. The summed E-state index contributed by atoms with van der Waals surface area (Å²) in [4.78, 5) is 0. The highest BCUT2D eigenvalue weighted by Gasteiger charge is 2.10. The van der Waals surface area contributed by atoms with E-state index in [0.29, 0.717) is 5.75 Å². The van der Waals surface area contributed by atoms with Crippen LogP contribution in [-0.2, 0) is 0 Å². The SMILES string of the molecule is CCC(CO)NC(C)c1ccc(OCC#N)cc1. The summed E-state index contributed by atoms with van der Waals surface area (Å²) >= 11 is 0. The predicted octanol–water partition coefficient (Wildman–Crippen LogP) is 2.01. The summed E-state index contributed by atoms with van der Waals surface area (Å²) in [6.07, 6.45) is 0.893. The molecule has 1 aromatic carbocycles. The lowest BCUT2D eigenvalue weighted by atomic mass is 10.1. The fourth-order valence-corrected chi connectivity index (χ4v) is 1.72. The van der Waals surface area contributed by atoms with Crippen LogP contribution in [0.5, 0.6) is 5.75 Å². The summed E-state index contributed by atoms with van der Waals surface area (Å²) in [6.45, 7) is 4.31. The topological polar surface area (TPSA) is 65.3 Å². The molecule has 0 saturated heterocycles. The normalized spacial score (nSPS) is 13.7. The summed E-state index contributed by atoms with van der Waals surface area (Å²) in [7, 11) is 0. The molecule has 4 nitrogen and oxygen atoms in total. The maximum atomic E-state index is 9.15. The first-order chi connectivity index (χ1) is 8.71. The zero-order valence-corrected chi connectivity index (χ0v) is 10.9. The maximum absolute atomic E-state index is 9.15. The maximum Gasteiger partial charge on any atom is 0.174 e. The highest BCUT2D eigenvalue weighted by Crippen LogP contribution is 2.18. The third-order valence-electron chi connectivity index (χ3n) is 2.88. The molecule has 1 aromatic rings. The first-order valence-corrected chi connectivity index (χ1v) is 6.17. The molecular weight excluding hydrogens is 228 g/mol. The molecule has 98 valence electrons. The number of hydrogen-bond donors (Lipinski definition) is 2. The van der Waals surface area contributed by atoms with Gasteiger partial charge in [-0.3, -0.25) is 0 Å². The molecule has 0 spiro atoms. The molecule has 0 aliphatic heterocycles. The van der Waals surface area contributed by atoms with Crippen LogP contribution >= 0.6 is 0 Å². The average molecular weight is 248 g/mol. The number of aliphatic hydroxyl groups is 1. The fraction of sp³-hybridized carbons (Fsp3) is 0.500. The van der Waals surface area contributed by atoms with Gasteiger partial charge in [0.05, 0.1) is 6.61 Å². The molecule has 0 radical (unpaired) electrons. The number of rotatable bonds is 7. The van der Waals surface area contributed by atoms with E-state index in [0.717, 1.165) is 12.0 Å². The molecule has 2 atom stereocenters. The fourth-order valence-electron chi connectivity index (χ4n) is 1.72. The minimum absolute atomic E-state index is 0.0651. The molecule has 0 amide bonds. The Labute approximate surface area is 108 Å². The number of benzene rings is 1. The van der Waals surface area contributed by atoms with Crippen LogP contribution in [0.3, 0.4) is 0 Å². The van der Waals surface area contributed by atoms with Crippen molar-refractivity contribution < 1.29 is 9.84 Å². The second-order valence-corrected chi connectivity index (χ2v) is 4.19. The Bertz CT molecular complexity index is 380. The van der Waals surface area contributed by atoms with Gasteiger partial charge in [0.2, 0.25) is 0 Å². The predicted molar refractivity (Wildman–Crippen MR) is 70.3 cm³/mol. The number of aliphatic hydroxyl groups excluding tert-OH is 1. The van der Waals surface area contributed by atoms with Gasteiger partial charge in [0.15, 0.2) is 6.61 Å². The first kappa shape index (κ1) is 14.5. The molecule has 0 aliphatic rings. The van der Waals surface area contributed by atoms with Crippen molar-refractivity contribution in [2.75, 3.05) is 13.2 Å². The average Bonchev–Trinajstić information content (AvgIpc) is 2.42. The zero-order chi connectivity index (χ0) is 13.4. The summed E-state index contributed by atoms with van der Waals surface area (Å²) in [5.74, 6) is 0.696. The van der Waals surface area contributed by atoms with Crippen molar-refractivity contribution in [3.63, 3.8) is 0 Å². The van der Waals surface area contributed by atoms with Crippen molar-refractivity contribution in [1.82, 2.24) is 5.32 Å². The second-order valence-electron chi connectivity index (χ2n) is 4.19. The highest BCUT2D eigenvalue weighted by molar-refractivity contribution is 5.29. The number of nitrogens with one attached hydrogen (secondary N) is 1. The molecule has 4 heteroatoms. The van der Waals surface area contributed by atoms with E-state index in [9.17, 15) is 0 Å². The molecule has 0 fully saturated rings. The zero-order valence-electron chi connectivity index (χ0n) is 10.9. The van der Waals surface area contributed by atoms with E-state index in [1.807, 2.05) is 37.3 Å². The van der Waals surface area contributed by atoms with Gasteiger partial charge in [-0.05, 0) is 31.0 Å². The van der Waals surface area contributed by atoms with Crippen molar-refractivity contribution in [3.05, 3.63) is 29.8 Å². The summed E-state index contributed by atoms with van der Waals surface area (Å²) < 4.78 is 5.19. The Morgan fingerprint density at radius 2 is 2.06 bits per heavy atom. The number of nitriles is 1. The van der Waals surface area contributed by atoms with E-state index in [-0.39, 0.29) is 25.3 Å². The van der Waals surface area contributed by atoms with Gasteiger partial charge in [0.25, 0.3) is 0 Å². The lowest BCUT2D eigenvalue weighted by molar-refractivity contribution is 0.230. The van der Waals surface area contributed by atoms with E-state index in [4.69, 9.17) is 15.1 Å². The van der Waals surface area contributed by atoms with Crippen LogP contribution in [0.15, 0.2) is 24.3 Å². The molecule has 0 heterocycles. The van der Waals surface area contributed by atoms with Crippen molar-refractivity contribution >= 4 is 0 Å². The Kier molecular flexibility index (Phi) is 6.20. The van der Waals surface area contributed by atoms with E-state index < -0.39 is 0 Å². The van der Waals surface area contributed by atoms with Crippen LogP contribution in [0, 0.1) is 11.3 Å². The second kappa shape index (κ2) is 7.70. The summed E-state index contributed by atoms with van der Waals surface area (Å²) in [5, 5.41) is 20.9. The molecule has 0 aromatic heterocycles. The van der Waals surface area contributed by atoms with Crippen LogP contribution in [0.1, 0.15) is 31.9 Å². The van der Waals surface area contributed by atoms with Gasteiger partial charge in [-0.25, -0.2) is 0 Å². The van der Waals surface area contributed by atoms with Gasteiger partial charge in [-0.1, -0.05) is 19.1 Å². The van der Waals surface area contributed by atoms with Gasteiger partial charge in [-0.2, -0.15) is 5.26 Å². The standard InChI is InChI=1S/C14H20N2O2/c1-3-13(10-17)16-11(2)12-4-6-14(7-5-12)18-9-8-15/h4-7,11,13,16-17H,3,9-10H2,1-2H3. The Morgan fingerprint density at radius 1 is 1.39 bits per heavy atom. The van der Waals surface area contributed by atoms with Crippen molar-refractivity contribution in [1.29, 1.82) is 5.26 Å². The van der Waals surface area contributed by atoms with Crippen LogP contribution in [0.25, 0.3) is 0 Å². The van der Waals surface area contributed by atoms with E-state index in [1.165, 1.54) is 0 Å². The highest BCUT2D eigenvalue weighted by atomic mass is 16.5. The molecule has 18 heavy (non-hydrogen) atoms. The van der Waals surface area contributed by atoms with Gasteiger partial charge >= 0.3 is 0 Å². The number of nitrogens with zero attached hydrogens (tertiary/aromatic N) is 1. The number of hydrogen-bond acceptors (Lipinski definition) is 4. The minimum Gasteiger partial charge on any atom is -0.479 e. The van der Waals surface area contributed by atoms with Crippen molar-refractivity contribution in [2.24, 2.45) is 0 Å². The molecule has 0 saturated carbocycles. The van der Waals surface area contributed by atoms with E-state index in [1.54, 1.807) is 0 Å². The summed E-state index contributed by atoms with van der Waals surface area (Å²) in [5.41, 5.74) is 1.13. The molecule has 0 bridgehead atoms. The van der Waals surface area contributed by atoms with Gasteiger partial charge in [-0.15, -0.1) is 0 Å². The molecule has 1 rings (SSSR count). The molecule has 2 unspecified atom stereocenters. The Balaban J connectivity index is 2.58. The van der Waals surface area contributed by atoms with Crippen LogP contribution in [0.2, 0.25) is 0 Å². The largest absolute Gasteiger partial charge is 0.479 e. The van der Waals surface area contributed by atoms with Gasteiger partial charge in [0, 0.05) is 12.1 Å². The van der Waals surface area contributed by atoms with Gasteiger partial charge in [0.1, 0.15) is 11.8 Å². The monoisotopic (exact) mass is 248 g/mol. The molecule has 2 N–H and O–H groups in total. The first-order valence-electron chi connectivity index (χ1n) is 6.17. The lowest BCUT2D eigenvalue weighted by Gasteiger charge is -2.21. The van der Waals surface area contributed by atoms with E-state index in [2.05, 4.69) is 12.2 Å². The lowest BCUT2D eigenvalue weighted by Crippen LogP contribution is -2.33. The molecular formula is C14H20N2O2. The third-order valence-corrected chi connectivity index (χ3v) is 2.88. The quantitative estimate of drug-likeness (QED) is 0.774. The van der Waals surface area contributed by atoms with Gasteiger partial charge < -0.3 is 15.2 Å². The van der Waals surface area contributed by atoms with E-state index >= 15 is 0 Å². The summed E-state index contributed by atoms with van der Waals surface area (Å²) in [6, 6.07) is 9.86. The van der Waals surface area contributed by atoms with Crippen LogP contribution in [-0.4, -0.2) is 24.4 Å². The number of ether oxygens (including phenoxy) is 1. The minimum atomic E-state index is 0.0651. The third kappa shape index (κ3) is 4.36. The van der Waals surface area contributed by atoms with Crippen LogP contribution < -0.4 is 10.1 Å². The van der Waals surface area contributed by atoms with Crippen molar-refractivity contribution in [2.45, 2.75) is 32.4 Å². The smallest absolute Gasteiger partial charge is 0.174 e. The Morgan fingerprint density at radius 3 is 2.56 bits per heavy atom. The van der Waals surface area contributed by atoms with Crippen molar-refractivity contribution in [3.8, 4) is 11.8 Å². The van der Waals surface area contributed by atoms with Crippen LogP contribution in [0.4, 0.5) is 0 Å².